The second-order valence-electron chi connectivity index (χ2n) is 9.80. The summed E-state index contributed by atoms with van der Waals surface area (Å²) in [5.41, 5.74) is 6.20. The van der Waals surface area contributed by atoms with Gasteiger partial charge >= 0.3 is 5.97 Å². The molecule has 39 heavy (non-hydrogen) atoms. The lowest BCUT2D eigenvalue weighted by molar-refractivity contribution is -0.137. The zero-order valence-electron chi connectivity index (χ0n) is 22.7. The van der Waals surface area contributed by atoms with E-state index in [9.17, 15) is 9.59 Å². The number of carboxylic acid groups (broad SMARTS) is 1. The fraction of sp³-hybridized carbons (Fsp3) is 0.273. The minimum Gasteiger partial charge on any atom is -0.491 e. The first kappa shape index (κ1) is 27.7. The number of carbonyl (C=O) groups is 2. The number of ether oxygens (including phenoxy) is 1. The summed E-state index contributed by atoms with van der Waals surface area (Å²) in [5.74, 6) is -0.599. The molecule has 0 aliphatic heterocycles. The van der Waals surface area contributed by atoms with Crippen molar-refractivity contribution < 1.29 is 19.4 Å². The van der Waals surface area contributed by atoms with Gasteiger partial charge in [-0.05, 0) is 78.8 Å². The molecular formula is C33H36N2O4. The maximum absolute atomic E-state index is 12.8. The number of aromatic nitrogens is 1. The first-order valence-electron chi connectivity index (χ1n) is 13.5. The van der Waals surface area contributed by atoms with Crippen LogP contribution in [0.2, 0.25) is 0 Å². The van der Waals surface area contributed by atoms with Crippen molar-refractivity contribution in [3.63, 3.8) is 0 Å². The van der Waals surface area contributed by atoms with E-state index >= 15 is 0 Å². The van der Waals surface area contributed by atoms with Gasteiger partial charge in [-0.3, -0.25) is 9.59 Å². The third-order valence-corrected chi connectivity index (χ3v) is 6.71. The number of hydrogen-bond donors (Lipinski definition) is 2. The first-order chi connectivity index (χ1) is 18.9. The molecule has 0 aliphatic carbocycles. The van der Waals surface area contributed by atoms with E-state index in [1.807, 2.05) is 25.1 Å². The van der Waals surface area contributed by atoms with E-state index in [0.717, 1.165) is 35.0 Å². The van der Waals surface area contributed by atoms with Crippen molar-refractivity contribution in [2.24, 2.45) is 0 Å². The van der Waals surface area contributed by atoms with Crippen LogP contribution >= 0.6 is 0 Å². The van der Waals surface area contributed by atoms with E-state index in [1.54, 1.807) is 18.2 Å². The van der Waals surface area contributed by atoms with Crippen LogP contribution in [-0.4, -0.2) is 28.2 Å². The van der Waals surface area contributed by atoms with Gasteiger partial charge in [-0.15, -0.1) is 0 Å². The third-order valence-electron chi connectivity index (χ3n) is 6.71. The second-order valence-corrected chi connectivity index (χ2v) is 9.80. The molecule has 4 aromatic rings. The van der Waals surface area contributed by atoms with Crippen LogP contribution in [0, 0.1) is 0 Å². The lowest BCUT2D eigenvalue weighted by atomic mass is 10.0. The molecule has 0 spiro atoms. The largest absolute Gasteiger partial charge is 0.491 e. The van der Waals surface area contributed by atoms with Gasteiger partial charge in [0.15, 0.2) is 0 Å². The van der Waals surface area contributed by atoms with Gasteiger partial charge in [-0.25, -0.2) is 0 Å². The van der Waals surface area contributed by atoms with E-state index < -0.39 is 5.97 Å². The average Bonchev–Trinajstić information content (AvgIpc) is 3.33. The van der Waals surface area contributed by atoms with Crippen molar-refractivity contribution in [2.45, 2.75) is 52.5 Å². The van der Waals surface area contributed by atoms with Gasteiger partial charge in [-0.2, -0.15) is 0 Å². The highest BCUT2D eigenvalue weighted by Gasteiger charge is 2.09. The molecule has 202 valence electrons. The highest BCUT2D eigenvalue weighted by atomic mass is 16.5. The highest BCUT2D eigenvalue weighted by Crippen LogP contribution is 2.26. The number of aliphatic carboxylic acids is 1. The number of nitrogens with zero attached hydrogens (tertiary/aromatic N) is 1. The molecule has 0 aliphatic rings. The number of anilines is 1. The Morgan fingerprint density at radius 3 is 2.51 bits per heavy atom. The SMILES string of the molecule is CCCCc1ccc(Cn2ccc3cc(C(C)=CC(=O)Nc4ccccc4OCCCC(=O)O)ccc32)cc1. The predicted octanol–water partition coefficient (Wildman–Crippen LogP) is 7.32. The van der Waals surface area contributed by atoms with Gasteiger partial charge in [0.1, 0.15) is 5.75 Å². The Morgan fingerprint density at radius 2 is 1.74 bits per heavy atom. The molecule has 0 saturated heterocycles. The molecule has 2 N–H and O–H groups in total. The summed E-state index contributed by atoms with van der Waals surface area (Å²) < 4.78 is 7.94. The Bertz CT molecular complexity index is 1450. The van der Waals surface area contributed by atoms with Crippen molar-refractivity contribution in [3.05, 3.63) is 102 Å². The van der Waals surface area contributed by atoms with Crippen LogP contribution in [0.4, 0.5) is 5.69 Å². The summed E-state index contributed by atoms with van der Waals surface area (Å²) in [5, 5.41) is 12.8. The van der Waals surface area contributed by atoms with E-state index in [0.29, 0.717) is 17.9 Å². The summed E-state index contributed by atoms with van der Waals surface area (Å²) in [7, 11) is 0. The Morgan fingerprint density at radius 1 is 0.974 bits per heavy atom. The number of carbonyl (C=O) groups excluding carboxylic acids is 1. The molecule has 3 aromatic carbocycles. The molecule has 6 nitrogen and oxygen atoms in total. The van der Waals surface area contributed by atoms with Crippen molar-refractivity contribution in [3.8, 4) is 5.75 Å². The van der Waals surface area contributed by atoms with E-state index in [1.165, 1.54) is 24.0 Å². The normalized spacial score (nSPS) is 11.5. The van der Waals surface area contributed by atoms with Gasteiger partial charge in [0, 0.05) is 36.1 Å². The van der Waals surface area contributed by atoms with E-state index in [2.05, 4.69) is 65.5 Å². The molecule has 1 aromatic heterocycles. The number of carboxylic acids is 1. The Kier molecular flexibility index (Phi) is 9.57. The Balaban J connectivity index is 1.40. The average molecular weight is 525 g/mol. The molecule has 1 amide bonds. The first-order valence-corrected chi connectivity index (χ1v) is 13.5. The number of fused-ring (bicyclic) bond motifs is 1. The number of rotatable bonds is 13. The standard InChI is InChI=1S/C33H36N2O4/c1-3-4-8-25-12-14-26(15-13-25)23-35-19-18-28-22-27(16-17-30(28)35)24(2)21-32(36)34-29-9-5-6-10-31(29)39-20-7-11-33(37)38/h5-6,9-10,12-19,21-22H,3-4,7-8,11,20,23H2,1-2H3,(H,34,36)(H,37,38). The van der Waals surface area contributed by atoms with Crippen LogP contribution in [0.25, 0.3) is 16.5 Å². The molecule has 0 radical (unpaired) electrons. The number of unbranched alkanes of at least 4 members (excludes halogenated alkanes) is 1. The zero-order chi connectivity index (χ0) is 27.6. The molecule has 0 unspecified atom stereocenters. The van der Waals surface area contributed by atoms with E-state index in [4.69, 9.17) is 9.84 Å². The number of nitrogens with one attached hydrogen (secondary N) is 1. The van der Waals surface area contributed by atoms with Gasteiger partial charge < -0.3 is 19.7 Å². The monoisotopic (exact) mass is 524 g/mol. The van der Waals surface area contributed by atoms with Crippen molar-refractivity contribution >= 4 is 34.0 Å². The Labute approximate surface area is 229 Å². The van der Waals surface area contributed by atoms with Crippen LogP contribution in [0.15, 0.2) is 85.1 Å². The summed E-state index contributed by atoms with van der Waals surface area (Å²) in [4.78, 5) is 23.5. The summed E-state index contributed by atoms with van der Waals surface area (Å²) >= 11 is 0. The van der Waals surface area contributed by atoms with Crippen LogP contribution in [0.3, 0.4) is 0 Å². The van der Waals surface area contributed by atoms with Crippen LogP contribution in [-0.2, 0) is 22.6 Å². The third kappa shape index (κ3) is 7.84. The molecule has 0 fully saturated rings. The zero-order valence-corrected chi connectivity index (χ0v) is 22.7. The molecule has 6 heteroatoms. The molecule has 1 heterocycles. The Hall–Kier alpha value is -4.32. The molecule has 0 saturated carbocycles. The maximum Gasteiger partial charge on any atom is 0.303 e. The molecule has 4 rings (SSSR count). The smallest absolute Gasteiger partial charge is 0.303 e. The lowest BCUT2D eigenvalue weighted by Crippen LogP contribution is -2.11. The van der Waals surface area contributed by atoms with Gasteiger partial charge in [0.05, 0.1) is 12.3 Å². The molecular weight excluding hydrogens is 488 g/mol. The van der Waals surface area contributed by atoms with Crippen molar-refractivity contribution in [1.82, 2.24) is 4.57 Å². The molecule has 0 bridgehead atoms. The summed E-state index contributed by atoms with van der Waals surface area (Å²) in [6.45, 7) is 5.21. The minimum atomic E-state index is -0.858. The maximum atomic E-state index is 12.8. The number of para-hydroxylation sites is 2. The topological polar surface area (TPSA) is 80.6 Å². The fourth-order valence-electron chi connectivity index (χ4n) is 4.52. The van der Waals surface area contributed by atoms with Gasteiger partial charge in [0.2, 0.25) is 5.91 Å². The lowest BCUT2D eigenvalue weighted by Gasteiger charge is -2.12. The van der Waals surface area contributed by atoms with Crippen LogP contribution < -0.4 is 10.1 Å². The number of aryl methyl sites for hydroxylation is 1. The van der Waals surface area contributed by atoms with Gasteiger partial charge in [0.25, 0.3) is 0 Å². The quantitative estimate of drug-likeness (QED) is 0.142. The minimum absolute atomic E-state index is 0.0381. The second kappa shape index (κ2) is 13.5. The number of allylic oxidation sites excluding steroid dienone is 1. The number of benzene rings is 3. The fourth-order valence-corrected chi connectivity index (χ4v) is 4.52. The summed E-state index contributed by atoms with van der Waals surface area (Å²) in [6.07, 6.45) is 7.68. The number of amides is 1. The molecule has 0 atom stereocenters. The van der Waals surface area contributed by atoms with E-state index in [-0.39, 0.29) is 18.9 Å². The highest BCUT2D eigenvalue weighted by molar-refractivity contribution is 6.04. The van der Waals surface area contributed by atoms with Crippen molar-refractivity contribution in [1.29, 1.82) is 0 Å². The number of hydrogen-bond acceptors (Lipinski definition) is 3. The van der Waals surface area contributed by atoms with Crippen molar-refractivity contribution in [2.75, 3.05) is 11.9 Å². The predicted molar refractivity (Wildman–Crippen MR) is 157 cm³/mol. The van der Waals surface area contributed by atoms with Gasteiger partial charge in [-0.1, -0.05) is 55.8 Å². The van der Waals surface area contributed by atoms with Crippen LogP contribution in [0.5, 0.6) is 5.75 Å². The summed E-state index contributed by atoms with van der Waals surface area (Å²) in [6, 6.07) is 24.4. The van der Waals surface area contributed by atoms with Crippen LogP contribution in [0.1, 0.15) is 56.2 Å².